The topological polar surface area (TPSA) is 71.2 Å². The second-order valence-electron chi connectivity index (χ2n) is 8.79. The first kappa shape index (κ1) is 20.0. The third-order valence-electron chi connectivity index (χ3n) is 6.93. The van der Waals surface area contributed by atoms with E-state index in [1.165, 1.54) is 12.1 Å². The van der Waals surface area contributed by atoms with E-state index in [1.54, 1.807) is 12.1 Å². The Morgan fingerprint density at radius 3 is 2.29 bits per heavy atom. The quantitative estimate of drug-likeness (QED) is 0.579. The Balaban J connectivity index is 1.52. The second-order valence-corrected chi connectivity index (χ2v) is 8.79. The van der Waals surface area contributed by atoms with Gasteiger partial charge in [-0.05, 0) is 54.5 Å². The van der Waals surface area contributed by atoms with Crippen LogP contribution in [0.3, 0.4) is 0 Å². The Hall–Kier alpha value is -2.94. The molecule has 5 nitrogen and oxygen atoms in total. The molecule has 3 fully saturated rings. The van der Waals surface area contributed by atoms with Crippen LogP contribution in [0, 0.1) is 17.0 Å². The maximum atomic E-state index is 16.0. The lowest BCUT2D eigenvalue weighted by Crippen LogP contribution is -2.76. The molecule has 0 unspecified atom stereocenters. The summed E-state index contributed by atoms with van der Waals surface area (Å²) in [5.74, 6) is -5.82. The summed E-state index contributed by atoms with van der Waals surface area (Å²) >= 11 is 0. The standard InChI is InChI=1S/C22H19F4N3O2/c23-15-3-6-17(18(24)7-15)21(31,11-29-13-27-12-28-29)22(25,26)20-8-19(9-20,10-20)14-1-4-16(30)5-2-14/h1-7,12-13,30-31H,8-11H2/t19?,20?,21-/m0/s1. The van der Waals surface area contributed by atoms with Crippen molar-refractivity contribution >= 4 is 0 Å². The molecule has 6 rings (SSSR count). The van der Waals surface area contributed by atoms with Gasteiger partial charge in [-0.1, -0.05) is 12.1 Å². The number of aromatic nitrogens is 3. The van der Waals surface area contributed by atoms with Gasteiger partial charge >= 0.3 is 0 Å². The minimum atomic E-state index is -3.73. The van der Waals surface area contributed by atoms with E-state index in [2.05, 4.69) is 10.1 Å². The monoisotopic (exact) mass is 433 g/mol. The van der Waals surface area contributed by atoms with Gasteiger partial charge in [0.05, 0.1) is 6.54 Å². The van der Waals surface area contributed by atoms with Crippen LogP contribution in [0.4, 0.5) is 17.6 Å². The number of alkyl halides is 2. The van der Waals surface area contributed by atoms with E-state index in [0.717, 1.165) is 35.0 Å². The molecule has 3 aliphatic rings. The molecule has 1 heterocycles. The summed E-state index contributed by atoms with van der Waals surface area (Å²) in [6.07, 6.45) is 2.61. The summed E-state index contributed by atoms with van der Waals surface area (Å²) in [4.78, 5) is 3.70. The van der Waals surface area contributed by atoms with E-state index in [-0.39, 0.29) is 25.0 Å². The molecule has 3 saturated carbocycles. The van der Waals surface area contributed by atoms with Gasteiger partial charge in [0.15, 0.2) is 5.60 Å². The number of aromatic hydroxyl groups is 1. The third kappa shape index (κ3) is 2.65. The lowest BCUT2D eigenvalue weighted by molar-refractivity contribution is -0.347. The summed E-state index contributed by atoms with van der Waals surface area (Å²) in [7, 11) is 0. The van der Waals surface area contributed by atoms with E-state index in [9.17, 15) is 19.0 Å². The SMILES string of the molecule is Oc1ccc(C23CC(C(F)(F)[C@](O)(Cn4cncn4)c4ccc(F)cc4F)(C2)C3)cc1. The molecule has 0 saturated heterocycles. The zero-order valence-corrected chi connectivity index (χ0v) is 16.3. The average molecular weight is 433 g/mol. The molecule has 2 aromatic carbocycles. The van der Waals surface area contributed by atoms with Gasteiger partial charge in [-0.15, -0.1) is 0 Å². The largest absolute Gasteiger partial charge is 0.508 e. The fourth-order valence-corrected chi connectivity index (χ4v) is 5.41. The molecule has 0 radical (unpaired) electrons. The minimum absolute atomic E-state index is 0.0874. The fraction of sp³-hybridized carbons (Fsp3) is 0.364. The van der Waals surface area contributed by atoms with E-state index in [4.69, 9.17) is 0 Å². The van der Waals surface area contributed by atoms with Crippen LogP contribution in [0.15, 0.2) is 55.1 Å². The number of aliphatic hydroxyl groups is 1. The van der Waals surface area contributed by atoms with Crippen molar-refractivity contribution in [2.75, 3.05) is 0 Å². The zero-order chi connectivity index (χ0) is 22.1. The number of hydrogen-bond donors (Lipinski definition) is 2. The molecule has 2 bridgehead atoms. The van der Waals surface area contributed by atoms with Crippen LogP contribution in [-0.4, -0.2) is 30.9 Å². The normalized spacial score (nSPS) is 26.6. The predicted molar refractivity (Wildman–Crippen MR) is 101 cm³/mol. The lowest BCUT2D eigenvalue weighted by atomic mass is 9.30. The van der Waals surface area contributed by atoms with Gasteiger partial charge in [-0.25, -0.2) is 27.2 Å². The molecule has 31 heavy (non-hydrogen) atoms. The van der Waals surface area contributed by atoms with Crippen molar-refractivity contribution in [3.63, 3.8) is 0 Å². The van der Waals surface area contributed by atoms with E-state index < -0.39 is 46.1 Å². The van der Waals surface area contributed by atoms with Gasteiger partial charge in [-0.3, -0.25) is 0 Å². The molecular weight excluding hydrogens is 414 g/mol. The van der Waals surface area contributed by atoms with Crippen LogP contribution in [0.2, 0.25) is 0 Å². The summed E-state index contributed by atoms with van der Waals surface area (Å²) in [5, 5.41) is 24.6. The molecule has 1 aromatic heterocycles. The maximum Gasteiger partial charge on any atom is 0.287 e. The number of phenolic OH excluding ortho intramolecular Hbond substituents is 1. The van der Waals surface area contributed by atoms with Gasteiger partial charge in [0, 0.05) is 17.0 Å². The van der Waals surface area contributed by atoms with Crippen LogP contribution >= 0.6 is 0 Å². The molecule has 2 N–H and O–H groups in total. The number of phenols is 1. The molecule has 0 aliphatic heterocycles. The van der Waals surface area contributed by atoms with Crippen LogP contribution in [0.5, 0.6) is 5.75 Å². The number of hydrogen-bond acceptors (Lipinski definition) is 4. The first-order chi connectivity index (χ1) is 14.6. The Morgan fingerprint density at radius 1 is 1.03 bits per heavy atom. The van der Waals surface area contributed by atoms with Gasteiger partial charge in [-0.2, -0.15) is 5.10 Å². The van der Waals surface area contributed by atoms with E-state index in [0.29, 0.717) is 6.07 Å². The van der Waals surface area contributed by atoms with Crippen molar-refractivity contribution in [3.8, 4) is 5.75 Å². The molecule has 162 valence electrons. The highest BCUT2D eigenvalue weighted by Crippen LogP contribution is 2.80. The number of halogens is 4. The first-order valence-corrected chi connectivity index (χ1v) is 9.79. The Bertz CT molecular complexity index is 1110. The number of rotatable bonds is 6. The minimum Gasteiger partial charge on any atom is -0.508 e. The second kappa shape index (κ2) is 6.29. The molecule has 3 aromatic rings. The van der Waals surface area contributed by atoms with Crippen LogP contribution in [0.25, 0.3) is 0 Å². The highest BCUT2D eigenvalue weighted by Gasteiger charge is 2.82. The molecule has 3 aliphatic carbocycles. The average Bonchev–Trinajstić information content (AvgIpc) is 3.13. The predicted octanol–water partition coefficient (Wildman–Crippen LogP) is 3.91. The van der Waals surface area contributed by atoms with Crippen molar-refractivity contribution in [1.29, 1.82) is 0 Å². The van der Waals surface area contributed by atoms with Crippen LogP contribution in [-0.2, 0) is 17.6 Å². The Kier molecular flexibility index (Phi) is 4.05. The smallest absolute Gasteiger partial charge is 0.287 e. The molecule has 0 amide bonds. The summed E-state index contributed by atoms with van der Waals surface area (Å²) < 4.78 is 61.1. The molecule has 9 heteroatoms. The number of benzene rings is 2. The van der Waals surface area contributed by atoms with Crippen LogP contribution in [0.1, 0.15) is 30.4 Å². The van der Waals surface area contributed by atoms with Gasteiger partial charge in [0.1, 0.15) is 30.0 Å². The van der Waals surface area contributed by atoms with Crippen molar-refractivity contribution in [1.82, 2.24) is 14.8 Å². The summed E-state index contributed by atoms with van der Waals surface area (Å²) in [6.45, 7) is -0.740. The summed E-state index contributed by atoms with van der Waals surface area (Å²) in [5.41, 5.74) is -4.78. The maximum absolute atomic E-state index is 16.0. The highest BCUT2D eigenvalue weighted by molar-refractivity contribution is 5.44. The van der Waals surface area contributed by atoms with E-state index in [1.807, 2.05) is 0 Å². The summed E-state index contributed by atoms with van der Waals surface area (Å²) in [6, 6.07) is 8.62. The highest BCUT2D eigenvalue weighted by atomic mass is 19.3. The third-order valence-corrected chi connectivity index (χ3v) is 6.93. The van der Waals surface area contributed by atoms with Gasteiger partial charge in [0.25, 0.3) is 5.92 Å². The van der Waals surface area contributed by atoms with Crippen molar-refractivity contribution in [2.24, 2.45) is 5.41 Å². The molecular formula is C22H19F4N3O2. The van der Waals surface area contributed by atoms with Gasteiger partial charge in [0.2, 0.25) is 0 Å². The van der Waals surface area contributed by atoms with E-state index >= 15 is 8.78 Å². The zero-order valence-electron chi connectivity index (χ0n) is 16.3. The van der Waals surface area contributed by atoms with Crippen molar-refractivity contribution in [3.05, 3.63) is 77.9 Å². The van der Waals surface area contributed by atoms with Crippen molar-refractivity contribution < 1.29 is 27.8 Å². The fourth-order valence-electron chi connectivity index (χ4n) is 5.41. The first-order valence-electron chi connectivity index (χ1n) is 9.79. The molecule has 1 atom stereocenters. The Morgan fingerprint density at radius 2 is 1.71 bits per heavy atom. The van der Waals surface area contributed by atoms with Crippen molar-refractivity contribution in [2.45, 2.75) is 42.7 Å². The van der Waals surface area contributed by atoms with Gasteiger partial charge < -0.3 is 10.2 Å². The Labute approximate surface area is 175 Å². The van der Waals surface area contributed by atoms with Crippen LogP contribution < -0.4 is 0 Å². The lowest BCUT2D eigenvalue weighted by Gasteiger charge is -2.74. The number of nitrogens with zero attached hydrogens (tertiary/aromatic N) is 3. The molecule has 0 spiro atoms.